The smallest absolute Gasteiger partial charge is 0.313 e. The largest absolute Gasteiger partial charge is 0.481 e. The molecule has 0 radical (unpaired) electrons. The molecule has 2 N–H and O–H groups in total. The molecule has 1 aliphatic carbocycles. The minimum Gasteiger partial charge on any atom is -0.481 e. The molecule has 0 heterocycles. The van der Waals surface area contributed by atoms with Crippen molar-refractivity contribution in [2.75, 3.05) is 18.1 Å². The Morgan fingerprint density at radius 2 is 2.00 bits per heavy atom. The molecule has 0 bridgehead atoms. The maximum atomic E-state index is 11.8. The summed E-state index contributed by atoms with van der Waals surface area (Å²) in [6.45, 7) is 2.58. The van der Waals surface area contributed by atoms with Gasteiger partial charge in [0, 0.05) is 17.7 Å². The highest BCUT2D eigenvalue weighted by Gasteiger charge is 2.35. The number of nitrogens with one attached hydrogen (secondary N) is 1. The quantitative estimate of drug-likeness (QED) is 0.696. The molecule has 0 atom stereocenters. The fraction of sp³-hybridized carbons (Fsp3) is 0.818. The molecular weight excluding hydrogens is 226 g/mol. The van der Waals surface area contributed by atoms with Crippen LogP contribution in [0, 0.1) is 5.41 Å². The van der Waals surface area contributed by atoms with Crippen LogP contribution in [-0.4, -0.2) is 35.0 Å². The molecule has 1 rings (SSSR count). The third kappa shape index (κ3) is 4.04. The van der Waals surface area contributed by atoms with Gasteiger partial charge in [-0.2, -0.15) is 0 Å². The first-order chi connectivity index (χ1) is 7.54. The van der Waals surface area contributed by atoms with Crippen LogP contribution in [0.1, 0.15) is 32.6 Å². The summed E-state index contributed by atoms with van der Waals surface area (Å²) >= 11 is 1.33. The van der Waals surface area contributed by atoms with E-state index in [4.69, 9.17) is 5.11 Å². The van der Waals surface area contributed by atoms with Crippen molar-refractivity contribution in [1.82, 2.24) is 5.32 Å². The lowest BCUT2D eigenvalue weighted by Crippen LogP contribution is -2.38. The zero-order chi connectivity index (χ0) is 12.0. The first-order valence-corrected chi connectivity index (χ1v) is 6.78. The Morgan fingerprint density at radius 1 is 1.38 bits per heavy atom. The maximum Gasteiger partial charge on any atom is 0.313 e. The van der Waals surface area contributed by atoms with Gasteiger partial charge in [-0.3, -0.25) is 9.59 Å². The minimum atomic E-state index is -0.806. The van der Waals surface area contributed by atoms with Crippen LogP contribution in [0.5, 0.6) is 0 Å². The van der Waals surface area contributed by atoms with Crippen LogP contribution in [0.3, 0.4) is 0 Å². The van der Waals surface area contributed by atoms with Crippen molar-refractivity contribution in [3.63, 3.8) is 0 Å². The Labute approximate surface area is 100 Å². The highest BCUT2D eigenvalue weighted by atomic mass is 32.2. The lowest BCUT2D eigenvalue weighted by molar-refractivity contribution is -0.134. The monoisotopic (exact) mass is 245 g/mol. The number of carbonyl (C=O) groups excluding carboxylic acids is 1. The molecule has 16 heavy (non-hydrogen) atoms. The molecule has 0 aromatic carbocycles. The number of carboxylic acid groups (broad SMARTS) is 1. The van der Waals surface area contributed by atoms with Crippen LogP contribution >= 0.6 is 11.8 Å². The Morgan fingerprint density at radius 3 is 2.56 bits per heavy atom. The van der Waals surface area contributed by atoms with Crippen LogP contribution in [0.15, 0.2) is 0 Å². The Kier molecular flexibility index (Phi) is 5.12. The molecule has 1 aliphatic rings. The number of amides is 1. The summed E-state index contributed by atoms with van der Waals surface area (Å²) < 4.78 is 0. The van der Waals surface area contributed by atoms with Crippen molar-refractivity contribution in [3.05, 3.63) is 0 Å². The first-order valence-electron chi connectivity index (χ1n) is 5.62. The van der Waals surface area contributed by atoms with Crippen LogP contribution in [0.4, 0.5) is 0 Å². The van der Waals surface area contributed by atoms with E-state index < -0.39 is 5.97 Å². The van der Waals surface area contributed by atoms with Gasteiger partial charge >= 0.3 is 5.97 Å². The zero-order valence-electron chi connectivity index (χ0n) is 9.62. The minimum absolute atomic E-state index is 0.104. The van der Waals surface area contributed by atoms with E-state index >= 15 is 0 Å². The second-order valence-corrected chi connectivity index (χ2v) is 5.58. The summed E-state index contributed by atoms with van der Waals surface area (Å²) in [7, 11) is 0. The predicted molar refractivity (Wildman–Crippen MR) is 64.5 cm³/mol. The molecular formula is C11H19NO3S. The molecule has 1 saturated carbocycles. The second-order valence-electron chi connectivity index (χ2n) is 4.47. The molecule has 0 aliphatic heterocycles. The van der Waals surface area contributed by atoms with Crippen LogP contribution in [-0.2, 0) is 9.59 Å². The lowest BCUT2D eigenvalue weighted by atomic mass is 9.88. The predicted octanol–water partition coefficient (Wildman–Crippen LogP) is 1.50. The molecule has 0 spiro atoms. The van der Waals surface area contributed by atoms with E-state index in [-0.39, 0.29) is 17.1 Å². The number of rotatable bonds is 6. The van der Waals surface area contributed by atoms with E-state index in [1.165, 1.54) is 11.8 Å². The fourth-order valence-electron chi connectivity index (χ4n) is 1.99. The molecule has 1 amide bonds. The molecule has 0 aromatic heterocycles. The van der Waals surface area contributed by atoms with Crippen LogP contribution in [0.25, 0.3) is 0 Å². The Hall–Kier alpha value is -0.710. The van der Waals surface area contributed by atoms with Gasteiger partial charge in [0.2, 0.25) is 5.91 Å². The van der Waals surface area contributed by atoms with Gasteiger partial charge in [-0.15, -0.1) is 11.8 Å². The molecule has 4 nitrogen and oxygen atoms in total. The van der Waals surface area contributed by atoms with Crippen molar-refractivity contribution < 1.29 is 14.7 Å². The average molecular weight is 245 g/mol. The molecule has 1 fully saturated rings. The standard InChI is InChI=1S/C11H19NO3S/c1-11(4-2-3-5-11)10(15)12-6-7-16-8-9(13)14/h2-8H2,1H3,(H,12,15)(H,13,14). The van der Waals surface area contributed by atoms with E-state index in [0.29, 0.717) is 12.3 Å². The Balaban J connectivity index is 2.13. The summed E-state index contributed by atoms with van der Waals surface area (Å²) in [6, 6.07) is 0. The summed E-state index contributed by atoms with van der Waals surface area (Å²) in [5.74, 6) is 0.0846. The fourth-order valence-corrected chi connectivity index (χ4v) is 2.56. The van der Waals surface area contributed by atoms with E-state index in [2.05, 4.69) is 5.32 Å². The van der Waals surface area contributed by atoms with Crippen molar-refractivity contribution in [2.24, 2.45) is 5.41 Å². The highest BCUT2D eigenvalue weighted by Crippen LogP contribution is 2.37. The third-order valence-corrected chi connectivity index (χ3v) is 3.96. The van der Waals surface area contributed by atoms with Gasteiger partial charge < -0.3 is 10.4 Å². The van der Waals surface area contributed by atoms with Gasteiger partial charge in [-0.25, -0.2) is 0 Å². The maximum absolute atomic E-state index is 11.8. The average Bonchev–Trinajstić information content (AvgIpc) is 2.65. The normalized spacial score (nSPS) is 18.3. The van der Waals surface area contributed by atoms with Gasteiger partial charge in [-0.1, -0.05) is 19.8 Å². The van der Waals surface area contributed by atoms with E-state index in [1.54, 1.807) is 0 Å². The van der Waals surface area contributed by atoms with Gasteiger partial charge in [0.15, 0.2) is 0 Å². The van der Waals surface area contributed by atoms with Gasteiger partial charge in [0.1, 0.15) is 0 Å². The second kappa shape index (κ2) is 6.13. The number of hydrogen-bond acceptors (Lipinski definition) is 3. The number of thioether (sulfide) groups is 1. The molecule has 0 aromatic rings. The summed E-state index contributed by atoms with van der Waals surface area (Å²) in [4.78, 5) is 22.1. The summed E-state index contributed by atoms with van der Waals surface area (Å²) in [5.41, 5.74) is -0.183. The molecule has 0 saturated heterocycles. The number of hydrogen-bond donors (Lipinski definition) is 2. The molecule has 92 valence electrons. The van der Waals surface area contributed by atoms with Crippen molar-refractivity contribution in [3.8, 4) is 0 Å². The number of carboxylic acids is 1. The zero-order valence-corrected chi connectivity index (χ0v) is 10.4. The Bertz CT molecular complexity index is 262. The van der Waals surface area contributed by atoms with Gasteiger partial charge in [-0.05, 0) is 12.8 Å². The van der Waals surface area contributed by atoms with E-state index in [0.717, 1.165) is 25.7 Å². The van der Waals surface area contributed by atoms with Crippen LogP contribution < -0.4 is 5.32 Å². The lowest BCUT2D eigenvalue weighted by Gasteiger charge is -2.22. The van der Waals surface area contributed by atoms with Crippen molar-refractivity contribution >= 4 is 23.6 Å². The van der Waals surface area contributed by atoms with Gasteiger partial charge in [0.05, 0.1) is 5.75 Å². The first kappa shape index (κ1) is 13.4. The van der Waals surface area contributed by atoms with Crippen molar-refractivity contribution in [2.45, 2.75) is 32.6 Å². The third-order valence-electron chi connectivity index (χ3n) is 3.01. The topological polar surface area (TPSA) is 66.4 Å². The van der Waals surface area contributed by atoms with Gasteiger partial charge in [0.25, 0.3) is 0 Å². The summed E-state index contributed by atoms with van der Waals surface area (Å²) in [6.07, 6.45) is 4.22. The molecule has 0 unspecified atom stereocenters. The highest BCUT2D eigenvalue weighted by molar-refractivity contribution is 7.99. The van der Waals surface area contributed by atoms with Crippen molar-refractivity contribution in [1.29, 1.82) is 0 Å². The van der Waals surface area contributed by atoms with E-state index in [9.17, 15) is 9.59 Å². The number of aliphatic carboxylic acids is 1. The molecule has 5 heteroatoms. The summed E-state index contributed by atoms with van der Waals surface area (Å²) in [5, 5.41) is 11.3. The van der Waals surface area contributed by atoms with Crippen LogP contribution in [0.2, 0.25) is 0 Å². The SMILES string of the molecule is CC1(C(=O)NCCSCC(=O)O)CCCC1. The van der Waals surface area contributed by atoms with E-state index in [1.807, 2.05) is 6.92 Å². The number of carbonyl (C=O) groups is 2.